The van der Waals surface area contributed by atoms with Crippen LogP contribution < -0.4 is 4.72 Å². The Hall–Kier alpha value is 0.0700. The van der Waals surface area contributed by atoms with Crippen molar-refractivity contribution in [3.05, 3.63) is 0 Å². The van der Waals surface area contributed by atoms with E-state index in [4.69, 9.17) is 0 Å². The van der Waals surface area contributed by atoms with Crippen molar-refractivity contribution in [3.8, 4) is 0 Å². The van der Waals surface area contributed by atoms with Gasteiger partial charge in [-0.25, -0.2) is 4.72 Å². The maximum absolute atomic E-state index is 10.2. The van der Waals surface area contributed by atoms with Crippen LogP contribution in [0.3, 0.4) is 0 Å². The van der Waals surface area contributed by atoms with Crippen LogP contribution in [0, 0.1) is 0 Å². The summed E-state index contributed by atoms with van der Waals surface area (Å²) in [6.07, 6.45) is 3.91. The van der Waals surface area contributed by atoms with Gasteiger partial charge in [-0.15, -0.1) is 0 Å². The molecule has 1 atom stereocenters. The van der Waals surface area contributed by atoms with E-state index in [2.05, 4.69) is 18.6 Å². The quantitative estimate of drug-likeness (QED) is 0.624. The summed E-state index contributed by atoms with van der Waals surface area (Å²) in [6.45, 7) is 4.11. The van der Waals surface area contributed by atoms with Crippen LogP contribution in [0.15, 0.2) is 0 Å². The molecule has 4 heteroatoms. The summed E-state index contributed by atoms with van der Waals surface area (Å²) in [4.78, 5) is 0. The van der Waals surface area contributed by atoms with E-state index in [0.717, 1.165) is 25.7 Å². The van der Waals surface area contributed by atoms with Crippen LogP contribution in [0.2, 0.25) is 0 Å². The molecule has 0 aromatic carbocycles. The van der Waals surface area contributed by atoms with Crippen molar-refractivity contribution in [3.63, 3.8) is 0 Å². The largest absolute Gasteiger partial charge is 0.760 e. The van der Waals surface area contributed by atoms with Crippen molar-refractivity contribution >= 4 is 11.3 Å². The molecular formula is C7H16NO2S-. The maximum Gasteiger partial charge on any atom is 0.0184 e. The fourth-order valence-electron chi connectivity index (χ4n) is 1.10. The Bertz CT molecular complexity index is 113. The van der Waals surface area contributed by atoms with Gasteiger partial charge in [-0.05, 0) is 12.8 Å². The Morgan fingerprint density at radius 1 is 1.36 bits per heavy atom. The van der Waals surface area contributed by atoms with Gasteiger partial charge in [0, 0.05) is 17.3 Å². The van der Waals surface area contributed by atoms with Crippen molar-refractivity contribution in [1.82, 2.24) is 4.72 Å². The summed E-state index contributed by atoms with van der Waals surface area (Å²) in [5.74, 6) is 0. The monoisotopic (exact) mass is 178 g/mol. The van der Waals surface area contributed by atoms with E-state index < -0.39 is 11.3 Å². The first kappa shape index (κ1) is 11.1. The van der Waals surface area contributed by atoms with Crippen molar-refractivity contribution < 1.29 is 8.76 Å². The molecule has 0 rings (SSSR count). The third kappa shape index (κ3) is 6.47. The minimum Gasteiger partial charge on any atom is -0.760 e. The molecule has 0 aromatic rings. The molecule has 0 bridgehead atoms. The molecule has 3 nitrogen and oxygen atoms in total. The third-order valence-corrected chi connectivity index (χ3v) is 2.06. The maximum atomic E-state index is 10.2. The highest BCUT2D eigenvalue weighted by atomic mass is 32.2. The van der Waals surface area contributed by atoms with Crippen LogP contribution in [-0.4, -0.2) is 14.8 Å². The summed E-state index contributed by atoms with van der Waals surface area (Å²) in [5, 5.41) is 0. The molecule has 0 amide bonds. The predicted molar refractivity (Wildman–Crippen MR) is 45.7 cm³/mol. The van der Waals surface area contributed by atoms with Crippen LogP contribution >= 0.6 is 0 Å². The second-order valence-corrected chi connectivity index (χ2v) is 3.33. The lowest BCUT2D eigenvalue weighted by Crippen LogP contribution is -2.30. The molecule has 0 aliphatic carbocycles. The van der Waals surface area contributed by atoms with Gasteiger partial charge in [0.1, 0.15) is 0 Å². The second kappa shape index (κ2) is 6.76. The first-order valence-corrected chi connectivity index (χ1v) is 5.13. The third-order valence-electron chi connectivity index (χ3n) is 1.54. The summed E-state index contributed by atoms with van der Waals surface area (Å²) in [6, 6.07) is 0.142. The molecule has 0 aromatic heterocycles. The summed E-state index contributed by atoms with van der Waals surface area (Å²) in [5.41, 5.74) is 0. The minimum atomic E-state index is -2.10. The van der Waals surface area contributed by atoms with Crippen molar-refractivity contribution in [1.29, 1.82) is 0 Å². The van der Waals surface area contributed by atoms with E-state index >= 15 is 0 Å². The Labute approximate surface area is 71.0 Å². The smallest absolute Gasteiger partial charge is 0.0184 e. The second-order valence-electron chi connectivity index (χ2n) is 2.63. The number of nitrogens with one attached hydrogen (secondary N) is 1. The summed E-state index contributed by atoms with van der Waals surface area (Å²) >= 11 is -2.10. The number of hydrogen-bond donors (Lipinski definition) is 1. The lowest BCUT2D eigenvalue weighted by atomic mass is 10.1. The molecule has 0 heterocycles. The molecule has 68 valence electrons. The molecule has 0 fully saturated rings. The Morgan fingerprint density at radius 3 is 2.09 bits per heavy atom. The van der Waals surface area contributed by atoms with Crippen molar-refractivity contribution in [2.24, 2.45) is 0 Å². The lowest BCUT2D eigenvalue weighted by Gasteiger charge is -2.18. The van der Waals surface area contributed by atoms with Crippen LogP contribution in [0.5, 0.6) is 0 Å². The first-order valence-electron chi connectivity index (χ1n) is 4.06. The average Bonchev–Trinajstić information content (AvgIpc) is 1.87. The van der Waals surface area contributed by atoms with E-state index in [9.17, 15) is 8.76 Å². The van der Waals surface area contributed by atoms with E-state index in [-0.39, 0.29) is 6.04 Å². The highest BCUT2D eigenvalue weighted by Crippen LogP contribution is 2.04. The molecule has 1 unspecified atom stereocenters. The van der Waals surface area contributed by atoms with Crippen molar-refractivity contribution in [2.45, 2.75) is 45.6 Å². The highest BCUT2D eigenvalue weighted by molar-refractivity contribution is 7.77. The van der Waals surface area contributed by atoms with E-state index in [0.29, 0.717) is 0 Å². The van der Waals surface area contributed by atoms with Gasteiger partial charge in [0.2, 0.25) is 0 Å². The molecule has 0 spiro atoms. The molecule has 0 aliphatic rings. The Morgan fingerprint density at radius 2 is 1.82 bits per heavy atom. The molecular weight excluding hydrogens is 162 g/mol. The highest BCUT2D eigenvalue weighted by Gasteiger charge is 2.04. The van der Waals surface area contributed by atoms with Gasteiger partial charge < -0.3 is 4.55 Å². The lowest BCUT2D eigenvalue weighted by molar-refractivity contribution is 0.470. The van der Waals surface area contributed by atoms with Crippen LogP contribution in [0.25, 0.3) is 0 Å². The zero-order valence-corrected chi connectivity index (χ0v) is 7.95. The van der Waals surface area contributed by atoms with Gasteiger partial charge in [0.15, 0.2) is 0 Å². The van der Waals surface area contributed by atoms with E-state index in [1.54, 1.807) is 0 Å². The van der Waals surface area contributed by atoms with Crippen LogP contribution in [-0.2, 0) is 11.3 Å². The molecule has 1 N–H and O–H groups in total. The van der Waals surface area contributed by atoms with E-state index in [1.165, 1.54) is 0 Å². The standard InChI is InChI=1S/C7H17NO2S/c1-3-5-7(6-4-2)8-11(9)10/h7-8H,3-6H2,1-2H3,(H,9,10)/p-1. The summed E-state index contributed by atoms with van der Waals surface area (Å²) in [7, 11) is 0. The normalized spacial score (nSPS) is 13.8. The zero-order chi connectivity index (χ0) is 8.69. The fraction of sp³-hybridized carbons (Fsp3) is 1.00. The minimum absolute atomic E-state index is 0.142. The van der Waals surface area contributed by atoms with Gasteiger partial charge in [-0.3, -0.25) is 4.21 Å². The molecule has 0 saturated heterocycles. The fourth-order valence-corrected chi connectivity index (χ4v) is 1.60. The van der Waals surface area contributed by atoms with Crippen LogP contribution in [0.4, 0.5) is 0 Å². The summed E-state index contributed by atoms with van der Waals surface area (Å²) < 4.78 is 23.0. The molecule has 0 saturated carbocycles. The zero-order valence-electron chi connectivity index (χ0n) is 7.13. The Kier molecular flexibility index (Phi) is 6.80. The van der Waals surface area contributed by atoms with Gasteiger partial charge in [0.25, 0.3) is 0 Å². The number of rotatable bonds is 6. The molecule has 11 heavy (non-hydrogen) atoms. The first-order chi connectivity index (χ1) is 5.20. The van der Waals surface area contributed by atoms with Gasteiger partial charge >= 0.3 is 0 Å². The molecule has 0 radical (unpaired) electrons. The molecule has 0 aliphatic heterocycles. The average molecular weight is 178 g/mol. The van der Waals surface area contributed by atoms with Gasteiger partial charge in [0.05, 0.1) is 0 Å². The van der Waals surface area contributed by atoms with Crippen LogP contribution in [0.1, 0.15) is 39.5 Å². The SMILES string of the molecule is CCCC(CCC)NS(=O)[O-]. The number of hydrogen-bond acceptors (Lipinski definition) is 2. The van der Waals surface area contributed by atoms with Gasteiger partial charge in [-0.1, -0.05) is 26.7 Å². The predicted octanol–water partition coefficient (Wildman–Crippen LogP) is 1.34. The Balaban J connectivity index is 3.59. The van der Waals surface area contributed by atoms with Crippen molar-refractivity contribution in [2.75, 3.05) is 0 Å². The van der Waals surface area contributed by atoms with Gasteiger partial charge in [-0.2, -0.15) is 0 Å². The topological polar surface area (TPSA) is 52.2 Å². The van der Waals surface area contributed by atoms with E-state index in [1.807, 2.05) is 0 Å².